The van der Waals surface area contributed by atoms with E-state index in [0.29, 0.717) is 35.0 Å². The van der Waals surface area contributed by atoms with Crippen LogP contribution < -0.4 is 0 Å². The molecule has 5 rings (SSSR count). The number of rotatable bonds is 3. The minimum atomic E-state index is -0.268. The Labute approximate surface area is 181 Å². The van der Waals surface area contributed by atoms with Crippen LogP contribution in [0.5, 0.6) is 5.75 Å². The van der Waals surface area contributed by atoms with Crippen molar-refractivity contribution < 1.29 is 14.7 Å². The third kappa shape index (κ3) is 3.23. The largest absolute Gasteiger partial charge is 0.505 e. The average molecular weight is 415 g/mol. The lowest BCUT2D eigenvalue weighted by Gasteiger charge is -2.20. The number of aryl methyl sites for hydroxylation is 1. The molecule has 0 spiro atoms. The van der Waals surface area contributed by atoms with Gasteiger partial charge in [-0.05, 0) is 43.4 Å². The van der Waals surface area contributed by atoms with Gasteiger partial charge in [-0.3, -0.25) is 14.6 Å². The van der Waals surface area contributed by atoms with Crippen LogP contribution in [-0.4, -0.2) is 51.8 Å². The molecule has 0 radical (unpaired) electrons. The molecule has 2 amide bonds. The second kappa shape index (κ2) is 7.38. The maximum Gasteiger partial charge on any atom is 0.258 e. The number of hydrogen-bond acceptors (Lipinski definition) is 4. The van der Waals surface area contributed by atoms with E-state index in [1.165, 1.54) is 10.5 Å². The zero-order chi connectivity index (χ0) is 21.7. The van der Waals surface area contributed by atoms with Gasteiger partial charge in [0.1, 0.15) is 5.52 Å². The average Bonchev–Trinajstić information content (AvgIpc) is 3.39. The maximum atomic E-state index is 13.5. The molecule has 1 aromatic heterocycles. The Morgan fingerprint density at radius 2 is 1.84 bits per heavy atom. The number of likely N-dealkylation sites (tertiary alicyclic amines) is 1. The van der Waals surface area contributed by atoms with Crippen molar-refractivity contribution in [3.8, 4) is 5.75 Å². The second-order valence-electron chi connectivity index (χ2n) is 8.64. The molecule has 0 atom stereocenters. The Balaban J connectivity index is 1.69. The predicted molar refractivity (Wildman–Crippen MR) is 118 cm³/mol. The molecule has 1 saturated heterocycles. The SMILES string of the molecule is Cc1ccc(Cc2cnc3c(O)c4c(c(C(=O)N5CCCC5)c3c2)CN(C)C4=O)cc1. The van der Waals surface area contributed by atoms with Crippen molar-refractivity contribution in [1.82, 2.24) is 14.8 Å². The number of carbonyl (C=O) groups excluding carboxylic acids is 2. The van der Waals surface area contributed by atoms with Gasteiger partial charge in [0.25, 0.3) is 11.8 Å². The van der Waals surface area contributed by atoms with E-state index in [9.17, 15) is 14.7 Å². The number of fused-ring (bicyclic) bond motifs is 2. The third-order valence-corrected chi connectivity index (χ3v) is 6.37. The minimum absolute atomic E-state index is 0.0730. The Morgan fingerprint density at radius 3 is 2.55 bits per heavy atom. The van der Waals surface area contributed by atoms with Crippen molar-refractivity contribution in [2.75, 3.05) is 20.1 Å². The summed E-state index contributed by atoms with van der Waals surface area (Å²) < 4.78 is 0. The molecule has 0 bridgehead atoms. The van der Waals surface area contributed by atoms with Gasteiger partial charge in [0.05, 0.1) is 11.1 Å². The molecule has 158 valence electrons. The van der Waals surface area contributed by atoms with Crippen LogP contribution in [-0.2, 0) is 13.0 Å². The Kier molecular flexibility index (Phi) is 4.65. The number of amides is 2. The van der Waals surface area contributed by atoms with Crippen LogP contribution in [0.25, 0.3) is 10.9 Å². The molecule has 3 heterocycles. The number of phenols is 1. The van der Waals surface area contributed by atoms with Crippen LogP contribution in [0.3, 0.4) is 0 Å². The zero-order valence-corrected chi connectivity index (χ0v) is 17.8. The van der Waals surface area contributed by atoms with E-state index in [4.69, 9.17) is 0 Å². The molecule has 0 unspecified atom stereocenters. The summed E-state index contributed by atoms with van der Waals surface area (Å²) in [6, 6.07) is 10.3. The van der Waals surface area contributed by atoms with Crippen molar-refractivity contribution in [2.45, 2.75) is 32.7 Å². The summed E-state index contributed by atoms with van der Waals surface area (Å²) in [5.74, 6) is -0.467. The highest BCUT2D eigenvalue weighted by Crippen LogP contribution is 2.40. The molecule has 2 aliphatic rings. The molecular formula is C25H25N3O3. The molecule has 6 heteroatoms. The van der Waals surface area contributed by atoms with Gasteiger partial charge in [-0.25, -0.2) is 0 Å². The highest BCUT2D eigenvalue weighted by atomic mass is 16.3. The standard InChI is InChI=1S/C25H25N3O3/c1-15-5-7-16(8-6-15)11-17-12-18-20(25(31)28-9-3-4-10-28)19-14-27(2)24(30)21(19)23(29)22(18)26-13-17/h5-8,12-13,29H,3-4,9-11,14H2,1-2H3. The van der Waals surface area contributed by atoms with Crippen molar-refractivity contribution in [3.63, 3.8) is 0 Å². The van der Waals surface area contributed by atoms with E-state index in [2.05, 4.69) is 36.2 Å². The summed E-state index contributed by atoms with van der Waals surface area (Å²) in [6.07, 6.45) is 4.37. The number of hydrogen-bond donors (Lipinski definition) is 1. The van der Waals surface area contributed by atoms with Gasteiger partial charge in [0.2, 0.25) is 0 Å². The molecule has 3 aromatic rings. The van der Waals surface area contributed by atoms with Crippen LogP contribution >= 0.6 is 0 Å². The lowest BCUT2D eigenvalue weighted by atomic mass is 9.94. The van der Waals surface area contributed by atoms with Crippen molar-refractivity contribution in [2.24, 2.45) is 0 Å². The number of phenolic OH excluding ortho intramolecular Hbond substituents is 1. The fraction of sp³-hybridized carbons (Fsp3) is 0.320. The van der Waals surface area contributed by atoms with Gasteiger partial charge in [-0.2, -0.15) is 0 Å². The molecule has 1 fully saturated rings. The molecule has 1 N–H and O–H groups in total. The fourth-order valence-electron chi connectivity index (χ4n) is 4.69. The first kappa shape index (κ1) is 19.5. The second-order valence-corrected chi connectivity index (χ2v) is 8.64. The highest BCUT2D eigenvalue weighted by Gasteiger charge is 2.36. The lowest BCUT2D eigenvalue weighted by molar-refractivity contribution is 0.0787. The molecular weight excluding hydrogens is 390 g/mol. The lowest BCUT2D eigenvalue weighted by Crippen LogP contribution is -2.29. The van der Waals surface area contributed by atoms with Crippen LogP contribution in [0.2, 0.25) is 0 Å². The first-order chi connectivity index (χ1) is 14.9. The van der Waals surface area contributed by atoms with E-state index in [1.807, 2.05) is 11.0 Å². The number of benzene rings is 2. The number of carbonyl (C=O) groups is 2. The molecule has 6 nitrogen and oxygen atoms in total. The van der Waals surface area contributed by atoms with Gasteiger partial charge in [-0.1, -0.05) is 29.8 Å². The van der Waals surface area contributed by atoms with Crippen LogP contribution in [0, 0.1) is 6.92 Å². The highest BCUT2D eigenvalue weighted by molar-refractivity contribution is 6.15. The topological polar surface area (TPSA) is 73.7 Å². The number of pyridine rings is 1. The maximum absolute atomic E-state index is 13.5. The summed E-state index contributed by atoms with van der Waals surface area (Å²) in [6.45, 7) is 3.81. The molecule has 0 aliphatic carbocycles. The molecule has 2 aromatic carbocycles. The van der Waals surface area contributed by atoms with E-state index < -0.39 is 0 Å². The van der Waals surface area contributed by atoms with Crippen molar-refractivity contribution >= 4 is 22.7 Å². The van der Waals surface area contributed by atoms with Gasteiger partial charge < -0.3 is 14.9 Å². The zero-order valence-electron chi connectivity index (χ0n) is 17.8. The quantitative estimate of drug-likeness (QED) is 0.709. The Morgan fingerprint density at radius 1 is 1.13 bits per heavy atom. The predicted octanol–water partition coefficient (Wildman–Crippen LogP) is 3.66. The summed E-state index contributed by atoms with van der Waals surface area (Å²) in [7, 11) is 1.69. The molecule has 0 saturated carbocycles. The van der Waals surface area contributed by atoms with Crippen LogP contribution in [0.4, 0.5) is 0 Å². The van der Waals surface area contributed by atoms with Crippen LogP contribution in [0.1, 0.15) is 55.8 Å². The Hall–Kier alpha value is -3.41. The minimum Gasteiger partial charge on any atom is -0.505 e. The van der Waals surface area contributed by atoms with Gasteiger partial charge in [0.15, 0.2) is 5.75 Å². The first-order valence-electron chi connectivity index (χ1n) is 10.7. The van der Waals surface area contributed by atoms with Gasteiger partial charge in [0, 0.05) is 43.8 Å². The van der Waals surface area contributed by atoms with E-state index in [-0.39, 0.29) is 23.1 Å². The first-order valence-corrected chi connectivity index (χ1v) is 10.7. The molecule has 31 heavy (non-hydrogen) atoms. The van der Waals surface area contributed by atoms with Crippen LogP contribution in [0.15, 0.2) is 36.5 Å². The monoisotopic (exact) mass is 415 g/mol. The summed E-state index contributed by atoms with van der Waals surface area (Å²) in [4.78, 5) is 34.1. The van der Waals surface area contributed by atoms with Crippen molar-refractivity contribution in [3.05, 3.63) is 69.9 Å². The summed E-state index contributed by atoms with van der Waals surface area (Å²) in [5.41, 5.74) is 4.98. The van der Waals surface area contributed by atoms with E-state index in [1.54, 1.807) is 13.2 Å². The number of aromatic nitrogens is 1. The fourth-order valence-corrected chi connectivity index (χ4v) is 4.69. The number of nitrogens with zero attached hydrogens (tertiary/aromatic N) is 3. The molecule has 2 aliphatic heterocycles. The number of aromatic hydroxyl groups is 1. The van der Waals surface area contributed by atoms with Gasteiger partial charge in [-0.15, -0.1) is 0 Å². The summed E-state index contributed by atoms with van der Waals surface area (Å²) >= 11 is 0. The third-order valence-electron chi connectivity index (χ3n) is 6.37. The normalized spacial score (nSPS) is 15.7. The van der Waals surface area contributed by atoms with E-state index in [0.717, 1.165) is 37.1 Å². The summed E-state index contributed by atoms with van der Waals surface area (Å²) in [5, 5.41) is 11.5. The van der Waals surface area contributed by atoms with Gasteiger partial charge >= 0.3 is 0 Å². The van der Waals surface area contributed by atoms with E-state index >= 15 is 0 Å². The Bertz CT molecular complexity index is 1210. The smallest absolute Gasteiger partial charge is 0.258 e. The van der Waals surface area contributed by atoms with Crippen molar-refractivity contribution in [1.29, 1.82) is 0 Å².